The SMILES string of the molecule is NC(=O)CCC(C(=O)O)C(O)(Cc1ccccc1-c1ccccc1)[PH2]=O. The van der Waals surface area contributed by atoms with E-state index >= 15 is 0 Å². The van der Waals surface area contributed by atoms with Gasteiger partial charge in [-0.1, -0.05) is 54.6 Å². The molecule has 0 heterocycles. The molecular weight excluding hydrogens is 353 g/mol. The smallest absolute Gasteiger partial charge is 0.309 e. The first-order chi connectivity index (χ1) is 12.4. The molecule has 6 nitrogen and oxygen atoms in total. The normalized spacial score (nSPS) is 14.8. The molecule has 0 aliphatic carbocycles. The van der Waals surface area contributed by atoms with Crippen LogP contribution < -0.4 is 5.73 Å². The third-order valence-corrected chi connectivity index (χ3v) is 5.38. The topological polar surface area (TPSA) is 118 Å². The number of primary amides is 1. The summed E-state index contributed by atoms with van der Waals surface area (Å²) in [5.41, 5.74) is 7.53. The molecule has 0 aromatic heterocycles. The molecule has 0 radical (unpaired) electrons. The van der Waals surface area contributed by atoms with E-state index in [0.717, 1.165) is 11.1 Å². The Balaban J connectivity index is 2.38. The van der Waals surface area contributed by atoms with Crippen LogP contribution in [0.3, 0.4) is 0 Å². The lowest BCUT2D eigenvalue weighted by Gasteiger charge is -2.30. The number of hydrogen-bond acceptors (Lipinski definition) is 4. The maximum absolute atomic E-state index is 11.8. The van der Waals surface area contributed by atoms with Crippen molar-refractivity contribution in [2.75, 3.05) is 0 Å². The molecule has 1 amide bonds. The first-order valence-electron chi connectivity index (χ1n) is 8.20. The Bertz CT molecular complexity index is 796. The van der Waals surface area contributed by atoms with Gasteiger partial charge in [0.05, 0.1) is 14.4 Å². The summed E-state index contributed by atoms with van der Waals surface area (Å²) in [7, 11) is -1.82. The first-order valence-corrected chi connectivity index (χ1v) is 9.25. The van der Waals surface area contributed by atoms with Gasteiger partial charge in [-0.2, -0.15) is 0 Å². The fourth-order valence-electron chi connectivity index (χ4n) is 3.00. The number of rotatable bonds is 9. The molecule has 3 atom stereocenters. The van der Waals surface area contributed by atoms with Crippen LogP contribution >= 0.6 is 8.46 Å². The molecule has 26 heavy (non-hydrogen) atoms. The van der Waals surface area contributed by atoms with Crippen molar-refractivity contribution in [1.29, 1.82) is 0 Å². The van der Waals surface area contributed by atoms with Gasteiger partial charge in [0.15, 0.2) is 0 Å². The fourth-order valence-corrected chi connectivity index (χ4v) is 3.78. The van der Waals surface area contributed by atoms with Crippen LogP contribution in [-0.4, -0.2) is 27.4 Å². The quantitative estimate of drug-likeness (QED) is 0.581. The number of nitrogens with two attached hydrogens (primary N) is 1. The van der Waals surface area contributed by atoms with Gasteiger partial charge in [0.2, 0.25) is 5.91 Å². The third kappa shape index (κ3) is 4.81. The maximum Gasteiger partial charge on any atom is 0.309 e. The average molecular weight is 375 g/mol. The van der Waals surface area contributed by atoms with Gasteiger partial charge < -0.3 is 20.5 Å². The molecule has 4 N–H and O–H groups in total. The van der Waals surface area contributed by atoms with Gasteiger partial charge in [-0.05, 0) is 23.1 Å². The number of carbonyl (C=O) groups excluding carboxylic acids is 1. The van der Waals surface area contributed by atoms with Crippen LogP contribution in [0, 0.1) is 5.92 Å². The van der Waals surface area contributed by atoms with Crippen LogP contribution in [0.15, 0.2) is 54.6 Å². The Kier molecular flexibility index (Phi) is 6.72. The number of carbonyl (C=O) groups is 2. The van der Waals surface area contributed by atoms with Crippen molar-refractivity contribution in [3.63, 3.8) is 0 Å². The predicted molar refractivity (Wildman–Crippen MR) is 100 cm³/mol. The molecule has 0 aliphatic rings. The van der Waals surface area contributed by atoms with E-state index in [1.807, 2.05) is 42.5 Å². The predicted octanol–water partition coefficient (Wildman–Crippen LogP) is 2.31. The third-order valence-electron chi connectivity index (χ3n) is 4.36. The second kappa shape index (κ2) is 8.79. The van der Waals surface area contributed by atoms with Crippen LogP contribution in [0.4, 0.5) is 0 Å². The van der Waals surface area contributed by atoms with Gasteiger partial charge in [0.25, 0.3) is 0 Å². The highest BCUT2D eigenvalue weighted by Crippen LogP contribution is 2.38. The van der Waals surface area contributed by atoms with E-state index in [0.29, 0.717) is 5.56 Å². The van der Waals surface area contributed by atoms with Gasteiger partial charge in [-0.3, -0.25) is 9.59 Å². The summed E-state index contributed by atoms with van der Waals surface area (Å²) in [5.74, 6) is -3.30. The molecule has 0 saturated carbocycles. The zero-order valence-electron chi connectivity index (χ0n) is 14.2. The highest BCUT2D eigenvalue weighted by atomic mass is 31.1. The summed E-state index contributed by atoms with van der Waals surface area (Å²) in [5, 5.41) is 18.4. The van der Waals surface area contributed by atoms with Crippen LogP contribution in [-0.2, 0) is 20.6 Å². The van der Waals surface area contributed by atoms with E-state index in [9.17, 15) is 24.4 Å². The second-order valence-electron chi connectivity index (χ2n) is 6.20. The molecule has 7 heteroatoms. The summed E-state index contributed by atoms with van der Waals surface area (Å²) < 4.78 is 11.8. The zero-order chi connectivity index (χ0) is 19.2. The minimum atomic E-state index is -1.94. The van der Waals surface area contributed by atoms with Gasteiger partial charge in [-0.15, -0.1) is 0 Å². The Labute approximate surface area is 152 Å². The highest BCUT2D eigenvalue weighted by molar-refractivity contribution is 7.25. The largest absolute Gasteiger partial charge is 0.481 e. The molecule has 3 unspecified atom stereocenters. The molecule has 0 saturated heterocycles. The lowest BCUT2D eigenvalue weighted by Crippen LogP contribution is -2.40. The van der Waals surface area contributed by atoms with Gasteiger partial charge >= 0.3 is 5.97 Å². The Morgan fingerprint density at radius 2 is 1.69 bits per heavy atom. The molecule has 2 aromatic carbocycles. The van der Waals surface area contributed by atoms with E-state index in [4.69, 9.17) is 5.73 Å². The summed E-state index contributed by atoms with van der Waals surface area (Å²) in [4.78, 5) is 22.6. The molecular formula is C19H22NO5P. The van der Waals surface area contributed by atoms with Crippen molar-refractivity contribution >= 4 is 20.3 Å². The number of carboxylic acids is 1. The van der Waals surface area contributed by atoms with E-state index in [1.54, 1.807) is 12.1 Å². The lowest BCUT2D eigenvalue weighted by atomic mass is 9.88. The number of aliphatic hydroxyl groups is 1. The standard InChI is InChI=1S/C19H22NO5P/c20-17(21)11-10-16(18(22)23)19(24,26-25)12-14-8-4-5-9-15(14)13-6-2-1-3-7-13/h1-9,16,24H,10-12,26H2,(H2,20,21)(H,22,23). The second-order valence-corrected chi connectivity index (χ2v) is 7.44. The van der Waals surface area contributed by atoms with Crippen molar-refractivity contribution in [2.45, 2.75) is 24.6 Å². The molecule has 0 fully saturated rings. The summed E-state index contributed by atoms with van der Waals surface area (Å²) in [6.45, 7) is 0. The Hall–Kier alpha value is -2.43. The van der Waals surface area contributed by atoms with Crippen molar-refractivity contribution in [3.8, 4) is 11.1 Å². The molecule has 138 valence electrons. The van der Waals surface area contributed by atoms with Crippen LogP contribution in [0.5, 0.6) is 0 Å². The van der Waals surface area contributed by atoms with E-state index < -0.39 is 31.6 Å². The molecule has 0 aliphatic heterocycles. The molecule has 0 spiro atoms. The number of aliphatic carboxylic acids is 1. The first kappa shape index (κ1) is 19.9. The molecule has 2 aromatic rings. The monoisotopic (exact) mass is 375 g/mol. The van der Waals surface area contributed by atoms with Gasteiger partial charge in [0.1, 0.15) is 5.34 Å². The van der Waals surface area contributed by atoms with Crippen LogP contribution in [0.2, 0.25) is 0 Å². The maximum atomic E-state index is 11.8. The lowest BCUT2D eigenvalue weighted by molar-refractivity contribution is -0.147. The Morgan fingerprint density at radius 1 is 1.08 bits per heavy atom. The minimum absolute atomic E-state index is 0.0906. The van der Waals surface area contributed by atoms with Gasteiger partial charge in [0, 0.05) is 12.8 Å². The summed E-state index contributed by atoms with van der Waals surface area (Å²) in [6.07, 6.45) is -0.449. The van der Waals surface area contributed by atoms with Crippen molar-refractivity contribution < 1.29 is 24.4 Å². The van der Waals surface area contributed by atoms with Crippen LogP contribution in [0.25, 0.3) is 11.1 Å². The zero-order valence-corrected chi connectivity index (χ0v) is 15.3. The number of carboxylic acid groups (broad SMARTS) is 1. The van der Waals surface area contributed by atoms with E-state index in [-0.39, 0.29) is 19.3 Å². The number of amides is 1. The van der Waals surface area contributed by atoms with Crippen molar-refractivity contribution in [2.24, 2.45) is 11.7 Å². The van der Waals surface area contributed by atoms with Crippen molar-refractivity contribution in [3.05, 3.63) is 60.2 Å². The van der Waals surface area contributed by atoms with Crippen LogP contribution in [0.1, 0.15) is 18.4 Å². The number of benzene rings is 2. The Morgan fingerprint density at radius 3 is 2.27 bits per heavy atom. The fraction of sp³-hybridized carbons (Fsp3) is 0.263. The van der Waals surface area contributed by atoms with Gasteiger partial charge in [-0.25, -0.2) is 0 Å². The minimum Gasteiger partial charge on any atom is -0.481 e. The number of hydrogen-bond donors (Lipinski definition) is 3. The molecule has 2 rings (SSSR count). The van der Waals surface area contributed by atoms with Crippen molar-refractivity contribution in [1.82, 2.24) is 0 Å². The summed E-state index contributed by atoms with van der Waals surface area (Å²) in [6, 6.07) is 16.7. The van der Waals surface area contributed by atoms with E-state index in [2.05, 4.69) is 0 Å². The summed E-state index contributed by atoms with van der Waals surface area (Å²) >= 11 is 0. The highest BCUT2D eigenvalue weighted by Gasteiger charge is 2.41. The van der Waals surface area contributed by atoms with E-state index in [1.165, 1.54) is 0 Å². The average Bonchev–Trinajstić information content (AvgIpc) is 2.62. The molecule has 0 bridgehead atoms.